The molecule has 0 aliphatic carbocycles. The van der Waals surface area contributed by atoms with Crippen LogP contribution in [0.1, 0.15) is 42.7 Å². The zero-order valence-corrected chi connectivity index (χ0v) is 10.6. The van der Waals surface area contributed by atoms with Crippen molar-refractivity contribution in [2.45, 2.75) is 40.2 Å². The molecule has 0 bridgehead atoms. The van der Waals surface area contributed by atoms with Crippen LogP contribution in [-0.2, 0) is 16.0 Å². The fourth-order valence-corrected chi connectivity index (χ4v) is 1.68. The predicted octanol–water partition coefficient (Wildman–Crippen LogP) is 1.82. The van der Waals surface area contributed by atoms with Crippen LogP contribution in [-0.4, -0.2) is 27.7 Å². The first-order valence-corrected chi connectivity index (χ1v) is 5.63. The van der Waals surface area contributed by atoms with E-state index in [9.17, 15) is 4.79 Å². The molecular formula is C12H18N2O3. The van der Waals surface area contributed by atoms with Gasteiger partial charge in [0, 0.05) is 23.6 Å². The van der Waals surface area contributed by atoms with Crippen molar-refractivity contribution in [2.24, 2.45) is 0 Å². The van der Waals surface area contributed by atoms with Gasteiger partial charge in [0.2, 0.25) is 0 Å². The highest BCUT2D eigenvalue weighted by atomic mass is 16.5. The fraction of sp³-hybridized carbons (Fsp3) is 0.583. The van der Waals surface area contributed by atoms with Crippen molar-refractivity contribution in [2.75, 3.05) is 6.61 Å². The summed E-state index contributed by atoms with van der Waals surface area (Å²) in [5.74, 6) is -0.263. The number of carbonyl (C=O) groups is 1. The number of ether oxygens (including phenoxy) is 1. The van der Waals surface area contributed by atoms with Gasteiger partial charge in [-0.1, -0.05) is 0 Å². The van der Waals surface area contributed by atoms with Crippen LogP contribution < -0.4 is 0 Å². The van der Waals surface area contributed by atoms with Crippen molar-refractivity contribution in [3.63, 3.8) is 0 Å². The summed E-state index contributed by atoms with van der Waals surface area (Å²) in [7, 11) is 0. The summed E-state index contributed by atoms with van der Waals surface area (Å²) >= 11 is 0. The van der Waals surface area contributed by atoms with Gasteiger partial charge in [-0.2, -0.15) is 0 Å². The monoisotopic (exact) mass is 238 g/mol. The van der Waals surface area contributed by atoms with Crippen LogP contribution in [0.4, 0.5) is 0 Å². The van der Waals surface area contributed by atoms with Crippen LogP contribution in [0.3, 0.4) is 0 Å². The minimum absolute atomic E-state index is 0.0407. The van der Waals surface area contributed by atoms with Gasteiger partial charge in [-0.05, 0) is 27.7 Å². The molecule has 1 atom stereocenters. The average Bonchev–Trinajstić information content (AvgIpc) is 2.23. The summed E-state index contributed by atoms with van der Waals surface area (Å²) in [4.78, 5) is 19.3. The molecule has 1 rings (SSSR count). The van der Waals surface area contributed by atoms with E-state index in [1.807, 2.05) is 13.8 Å². The van der Waals surface area contributed by atoms with Crippen molar-refractivity contribution < 1.29 is 14.6 Å². The maximum atomic E-state index is 10.7. The lowest BCUT2D eigenvalue weighted by Crippen LogP contribution is -2.12. The lowest BCUT2D eigenvalue weighted by molar-refractivity contribution is -0.136. The molecule has 1 heterocycles. The van der Waals surface area contributed by atoms with E-state index in [2.05, 4.69) is 9.97 Å². The first kappa shape index (κ1) is 13.6. The predicted molar refractivity (Wildman–Crippen MR) is 62.9 cm³/mol. The van der Waals surface area contributed by atoms with Gasteiger partial charge in [-0.15, -0.1) is 0 Å². The van der Waals surface area contributed by atoms with E-state index >= 15 is 0 Å². The summed E-state index contributed by atoms with van der Waals surface area (Å²) in [6.45, 7) is 7.99. The Bertz CT molecular complexity index is 395. The van der Waals surface area contributed by atoms with Crippen LogP contribution in [0.5, 0.6) is 0 Å². The SMILES string of the molecule is CCOC(C)c1nc(C)c(CC(=O)O)c(C)n1. The average molecular weight is 238 g/mol. The molecule has 0 aromatic carbocycles. The molecule has 1 N–H and O–H groups in total. The summed E-state index contributed by atoms with van der Waals surface area (Å²) in [6.07, 6.45) is -0.211. The number of hydrogen-bond acceptors (Lipinski definition) is 4. The molecule has 5 nitrogen and oxygen atoms in total. The van der Waals surface area contributed by atoms with Gasteiger partial charge < -0.3 is 9.84 Å². The van der Waals surface area contributed by atoms with Crippen LogP contribution in [0.15, 0.2) is 0 Å². The molecule has 94 valence electrons. The van der Waals surface area contributed by atoms with Gasteiger partial charge >= 0.3 is 5.97 Å². The van der Waals surface area contributed by atoms with E-state index in [-0.39, 0.29) is 12.5 Å². The number of aliphatic carboxylic acids is 1. The number of hydrogen-bond donors (Lipinski definition) is 1. The number of nitrogens with zero attached hydrogens (tertiary/aromatic N) is 2. The van der Waals surface area contributed by atoms with Gasteiger partial charge in [0.25, 0.3) is 0 Å². The van der Waals surface area contributed by atoms with E-state index in [1.54, 1.807) is 13.8 Å². The van der Waals surface area contributed by atoms with Gasteiger partial charge in [0.05, 0.1) is 6.42 Å². The number of aromatic nitrogens is 2. The van der Waals surface area contributed by atoms with Gasteiger partial charge in [0.1, 0.15) is 6.10 Å². The summed E-state index contributed by atoms with van der Waals surface area (Å²) in [6, 6.07) is 0. The number of carboxylic acid groups (broad SMARTS) is 1. The van der Waals surface area contributed by atoms with Crippen molar-refractivity contribution in [3.8, 4) is 0 Å². The summed E-state index contributed by atoms with van der Waals surface area (Å²) < 4.78 is 5.42. The smallest absolute Gasteiger partial charge is 0.307 e. The fourth-order valence-electron chi connectivity index (χ4n) is 1.68. The number of carboxylic acids is 1. The molecule has 0 radical (unpaired) electrons. The van der Waals surface area contributed by atoms with E-state index in [4.69, 9.17) is 9.84 Å². The van der Waals surface area contributed by atoms with Crippen LogP contribution >= 0.6 is 0 Å². The minimum atomic E-state index is -0.870. The molecule has 0 fully saturated rings. The van der Waals surface area contributed by atoms with Gasteiger partial charge in [-0.3, -0.25) is 4.79 Å². The Morgan fingerprint density at radius 3 is 2.29 bits per heavy atom. The Balaban J connectivity index is 3.04. The lowest BCUT2D eigenvalue weighted by atomic mass is 10.1. The topological polar surface area (TPSA) is 72.3 Å². The highest BCUT2D eigenvalue weighted by molar-refractivity contribution is 5.70. The summed E-state index contributed by atoms with van der Waals surface area (Å²) in [5, 5.41) is 8.80. The molecule has 0 saturated heterocycles. The molecule has 1 aromatic heterocycles. The van der Waals surface area contributed by atoms with Crippen molar-refractivity contribution in [3.05, 3.63) is 22.8 Å². The Hall–Kier alpha value is -1.49. The van der Waals surface area contributed by atoms with Crippen molar-refractivity contribution in [1.82, 2.24) is 9.97 Å². The third-order valence-corrected chi connectivity index (χ3v) is 2.55. The quantitative estimate of drug-likeness (QED) is 0.847. The van der Waals surface area contributed by atoms with Crippen LogP contribution in [0.2, 0.25) is 0 Å². The molecule has 1 unspecified atom stereocenters. The molecule has 0 saturated carbocycles. The molecule has 5 heteroatoms. The second-order valence-electron chi connectivity index (χ2n) is 3.90. The van der Waals surface area contributed by atoms with Crippen LogP contribution in [0.25, 0.3) is 0 Å². The highest BCUT2D eigenvalue weighted by Crippen LogP contribution is 2.17. The summed E-state index contributed by atoms with van der Waals surface area (Å²) in [5.41, 5.74) is 2.10. The highest BCUT2D eigenvalue weighted by Gasteiger charge is 2.15. The Labute approximate surface area is 101 Å². The molecule has 0 aliphatic heterocycles. The van der Waals surface area contributed by atoms with Gasteiger partial charge in [-0.25, -0.2) is 9.97 Å². The molecule has 1 aromatic rings. The Morgan fingerprint density at radius 2 is 1.88 bits per heavy atom. The second-order valence-corrected chi connectivity index (χ2v) is 3.90. The van der Waals surface area contributed by atoms with Gasteiger partial charge in [0.15, 0.2) is 5.82 Å². The largest absolute Gasteiger partial charge is 0.481 e. The standard InChI is InChI=1S/C12H18N2O3/c1-5-17-9(4)12-13-7(2)10(6-11(15)16)8(3)14-12/h9H,5-6H2,1-4H3,(H,15,16). The van der Waals surface area contributed by atoms with Crippen molar-refractivity contribution >= 4 is 5.97 Å². The third kappa shape index (κ3) is 3.49. The minimum Gasteiger partial charge on any atom is -0.481 e. The Morgan fingerprint density at radius 1 is 1.35 bits per heavy atom. The number of aryl methyl sites for hydroxylation is 2. The zero-order chi connectivity index (χ0) is 13.0. The molecule has 0 aliphatic rings. The molecular weight excluding hydrogens is 220 g/mol. The normalized spacial score (nSPS) is 12.5. The molecule has 0 spiro atoms. The van der Waals surface area contributed by atoms with Crippen LogP contribution in [0, 0.1) is 13.8 Å². The molecule has 17 heavy (non-hydrogen) atoms. The third-order valence-electron chi connectivity index (χ3n) is 2.55. The molecule has 0 amide bonds. The zero-order valence-electron chi connectivity index (χ0n) is 10.6. The van der Waals surface area contributed by atoms with E-state index in [1.165, 1.54) is 0 Å². The van der Waals surface area contributed by atoms with Crippen molar-refractivity contribution in [1.29, 1.82) is 0 Å². The van der Waals surface area contributed by atoms with E-state index < -0.39 is 5.97 Å². The first-order valence-electron chi connectivity index (χ1n) is 5.63. The van der Waals surface area contributed by atoms with E-state index in [0.29, 0.717) is 29.4 Å². The number of rotatable bonds is 5. The first-order chi connectivity index (χ1) is 7.95. The second kappa shape index (κ2) is 5.72. The van der Waals surface area contributed by atoms with E-state index in [0.717, 1.165) is 0 Å². The maximum Gasteiger partial charge on any atom is 0.307 e. The maximum absolute atomic E-state index is 10.7. The Kier molecular flexibility index (Phi) is 4.57. The lowest BCUT2D eigenvalue weighted by Gasteiger charge is -2.14.